The molecular weight excluding hydrogens is 464 g/mol. The molecule has 2 N–H and O–H groups in total. The van der Waals surface area contributed by atoms with Crippen LogP contribution in [-0.4, -0.2) is 25.9 Å². The van der Waals surface area contributed by atoms with Crippen LogP contribution in [0.5, 0.6) is 11.5 Å². The zero-order valence-corrected chi connectivity index (χ0v) is 20.7. The molecule has 0 fully saturated rings. The highest BCUT2D eigenvalue weighted by molar-refractivity contribution is 7.86. The maximum absolute atomic E-state index is 11.7. The summed E-state index contributed by atoms with van der Waals surface area (Å²) in [4.78, 5) is -0.528. The van der Waals surface area contributed by atoms with Crippen molar-refractivity contribution in [3.63, 3.8) is 0 Å². The van der Waals surface area contributed by atoms with Crippen molar-refractivity contribution in [1.82, 2.24) is 0 Å². The van der Waals surface area contributed by atoms with Crippen molar-refractivity contribution < 1.29 is 30.7 Å². The average Bonchev–Trinajstić information content (AvgIpc) is 2.74. The number of hydrogen-bond donors (Lipinski definition) is 2. The van der Waals surface area contributed by atoms with Crippen molar-refractivity contribution in [1.29, 1.82) is 0 Å². The van der Waals surface area contributed by atoms with Gasteiger partial charge in [0.25, 0.3) is 20.2 Å². The van der Waals surface area contributed by atoms with Gasteiger partial charge in [0.15, 0.2) is 0 Å². The smallest absolute Gasteiger partial charge is 0.294 e. The predicted molar refractivity (Wildman–Crippen MR) is 128 cm³/mol. The maximum atomic E-state index is 11.7. The van der Waals surface area contributed by atoms with Crippen molar-refractivity contribution in [3.8, 4) is 11.5 Å². The second-order valence-corrected chi connectivity index (χ2v) is 11.1. The van der Waals surface area contributed by atoms with E-state index in [0.29, 0.717) is 6.42 Å². The largest absolute Gasteiger partial charge is 0.457 e. The van der Waals surface area contributed by atoms with Gasteiger partial charge in [-0.1, -0.05) is 64.7 Å². The van der Waals surface area contributed by atoms with Gasteiger partial charge in [0.1, 0.15) is 11.5 Å². The Labute approximate surface area is 197 Å². The Kier molecular flexibility index (Phi) is 10.8. The van der Waals surface area contributed by atoms with Crippen LogP contribution in [0.25, 0.3) is 0 Å². The lowest BCUT2D eigenvalue weighted by molar-refractivity contribution is 0.468. The van der Waals surface area contributed by atoms with E-state index < -0.39 is 20.2 Å². The van der Waals surface area contributed by atoms with E-state index in [4.69, 9.17) is 9.29 Å². The standard InChI is InChI=1S/C24H34O7S2/c1-2-3-4-5-6-7-8-9-10-11-12-20-17-22(19-24(18-20)33(28,29)30)31-21-13-15-23(16-14-21)32(25,26)27/h13-19H,2-12H2,1H3,(H,25,26,27)(H,28,29,30). The molecule has 0 spiro atoms. The van der Waals surface area contributed by atoms with Gasteiger partial charge in [-0.25, -0.2) is 0 Å². The van der Waals surface area contributed by atoms with Crippen molar-refractivity contribution in [3.05, 3.63) is 48.0 Å². The summed E-state index contributed by atoms with van der Waals surface area (Å²) < 4.78 is 69.9. The Morgan fingerprint density at radius 3 is 1.67 bits per heavy atom. The Morgan fingerprint density at radius 1 is 0.636 bits per heavy atom. The van der Waals surface area contributed by atoms with E-state index in [2.05, 4.69) is 6.92 Å². The van der Waals surface area contributed by atoms with E-state index in [0.717, 1.165) is 24.8 Å². The molecule has 0 saturated carbocycles. The molecule has 0 unspecified atom stereocenters. The molecule has 0 aliphatic heterocycles. The third-order valence-corrected chi connectivity index (χ3v) is 7.11. The lowest BCUT2D eigenvalue weighted by Crippen LogP contribution is -2.01. The van der Waals surface area contributed by atoms with Gasteiger partial charge in [0.2, 0.25) is 0 Å². The minimum absolute atomic E-state index is 0.215. The Bertz CT molecular complexity index is 1080. The summed E-state index contributed by atoms with van der Waals surface area (Å²) in [5, 5.41) is 0. The first-order chi connectivity index (χ1) is 15.6. The number of rotatable bonds is 15. The highest BCUT2D eigenvalue weighted by Crippen LogP contribution is 2.28. The minimum Gasteiger partial charge on any atom is -0.457 e. The summed E-state index contributed by atoms with van der Waals surface area (Å²) in [7, 11) is -8.73. The second-order valence-electron chi connectivity index (χ2n) is 8.27. The van der Waals surface area contributed by atoms with Crippen LogP contribution >= 0.6 is 0 Å². The van der Waals surface area contributed by atoms with E-state index in [-0.39, 0.29) is 21.3 Å². The molecule has 0 aliphatic rings. The fraction of sp³-hybridized carbons (Fsp3) is 0.500. The first kappa shape index (κ1) is 27.3. The molecule has 0 bridgehead atoms. The van der Waals surface area contributed by atoms with Crippen LogP contribution in [0.4, 0.5) is 0 Å². The monoisotopic (exact) mass is 498 g/mol. The van der Waals surface area contributed by atoms with Gasteiger partial charge in [0, 0.05) is 6.07 Å². The number of hydrogen-bond acceptors (Lipinski definition) is 5. The summed E-state index contributed by atoms with van der Waals surface area (Å²) in [5.41, 5.74) is 0.731. The summed E-state index contributed by atoms with van der Waals surface area (Å²) in [6.07, 6.45) is 12.6. The molecule has 7 nitrogen and oxygen atoms in total. The zero-order valence-electron chi connectivity index (χ0n) is 19.1. The van der Waals surface area contributed by atoms with E-state index in [1.165, 1.54) is 81.3 Å². The summed E-state index contributed by atoms with van der Waals surface area (Å²) >= 11 is 0. The van der Waals surface area contributed by atoms with Gasteiger partial charge in [-0.2, -0.15) is 16.8 Å². The van der Waals surface area contributed by atoms with E-state index in [1.54, 1.807) is 6.07 Å². The quantitative estimate of drug-likeness (QED) is 0.214. The normalized spacial score (nSPS) is 12.1. The fourth-order valence-electron chi connectivity index (χ4n) is 3.62. The molecule has 9 heteroatoms. The number of unbranched alkanes of at least 4 members (excludes halogenated alkanes) is 9. The molecule has 184 valence electrons. The molecule has 0 saturated heterocycles. The third-order valence-electron chi connectivity index (χ3n) is 5.41. The van der Waals surface area contributed by atoms with Crippen molar-refractivity contribution >= 4 is 20.2 Å². The zero-order chi connectivity index (χ0) is 24.3. The van der Waals surface area contributed by atoms with Crippen LogP contribution in [0.1, 0.15) is 76.7 Å². The lowest BCUT2D eigenvalue weighted by atomic mass is 10.0. The first-order valence-electron chi connectivity index (χ1n) is 11.5. The SMILES string of the molecule is CCCCCCCCCCCCc1cc(Oc2ccc(S(=O)(=O)O)cc2)cc(S(=O)(=O)O)c1. The van der Waals surface area contributed by atoms with Crippen LogP contribution in [-0.2, 0) is 26.7 Å². The van der Waals surface area contributed by atoms with Gasteiger partial charge in [-0.3, -0.25) is 9.11 Å². The van der Waals surface area contributed by atoms with E-state index in [1.807, 2.05) is 0 Å². The van der Waals surface area contributed by atoms with Gasteiger partial charge < -0.3 is 4.74 Å². The van der Waals surface area contributed by atoms with Crippen LogP contribution < -0.4 is 4.74 Å². The first-order valence-corrected chi connectivity index (χ1v) is 14.3. The van der Waals surface area contributed by atoms with E-state index in [9.17, 15) is 21.4 Å². The maximum Gasteiger partial charge on any atom is 0.294 e. The molecular formula is C24H34O7S2. The molecule has 2 rings (SSSR count). The molecule has 0 heterocycles. The van der Waals surface area contributed by atoms with Crippen LogP contribution in [0, 0.1) is 0 Å². The number of aryl methyl sites for hydroxylation is 1. The van der Waals surface area contributed by atoms with Crippen LogP contribution in [0.15, 0.2) is 52.3 Å². The molecule has 33 heavy (non-hydrogen) atoms. The van der Waals surface area contributed by atoms with Crippen molar-refractivity contribution in [2.24, 2.45) is 0 Å². The highest BCUT2D eigenvalue weighted by Gasteiger charge is 2.14. The van der Waals surface area contributed by atoms with Crippen LogP contribution in [0.3, 0.4) is 0 Å². The summed E-state index contributed by atoms with van der Waals surface area (Å²) in [6.45, 7) is 2.21. The molecule has 0 radical (unpaired) electrons. The topological polar surface area (TPSA) is 118 Å². The molecule has 0 atom stereocenters. The average molecular weight is 499 g/mol. The van der Waals surface area contributed by atoms with E-state index >= 15 is 0 Å². The summed E-state index contributed by atoms with van der Waals surface area (Å²) in [5.74, 6) is 0.478. The van der Waals surface area contributed by atoms with Crippen LogP contribution in [0.2, 0.25) is 0 Å². The van der Waals surface area contributed by atoms with Gasteiger partial charge in [-0.05, 0) is 54.8 Å². The number of ether oxygens (including phenoxy) is 1. The highest BCUT2D eigenvalue weighted by atomic mass is 32.2. The van der Waals surface area contributed by atoms with Gasteiger partial charge >= 0.3 is 0 Å². The Hall–Kier alpha value is -1.94. The molecule has 0 aliphatic carbocycles. The summed E-state index contributed by atoms with van der Waals surface area (Å²) in [6, 6.07) is 9.44. The van der Waals surface area contributed by atoms with Gasteiger partial charge in [-0.15, -0.1) is 0 Å². The minimum atomic E-state index is -4.41. The Morgan fingerprint density at radius 2 is 1.15 bits per heavy atom. The number of benzene rings is 2. The second kappa shape index (κ2) is 13.1. The van der Waals surface area contributed by atoms with Crippen molar-refractivity contribution in [2.45, 2.75) is 87.3 Å². The molecule has 0 amide bonds. The fourth-order valence-corrected chi connectivity index (χ4v) is 4.66. The third kappa shape index (κ3) is 10.2. The predicted octanol–water partition coefficient (Wildman–Crippen LogP) is 6.44. The lowest BCUT2D eigenvalue weighted by Gasteiger charge is -2.11. The molecule has 0 aromatic heterocycles. The van der Waals surface area contributed by atoms with Gasteiger partial charge in [0.05, 0.1) is 9.79 Å². The van der Waals surface area contributed by atoms with Crippen molar-refractivity contribution in [2.75, 3.05) is 0 Å². The Balaban J connectivity index is 1.94. The molecule has 2 aromatic rings. The molecule has 2 aromatic carbocycles.